The molecule has 0 aromatic carbocycles. The molecule has 0 amide bonds. The van der Waals surface area contributed by atoms with Crippen LogP contribution in [-0.4, -0.2) is 29.1 Å². The third-order valence-electron chi connectivity index (χ3n) is 4.09. The molecule has 17 heavy (non-hydrogen) atoms. The number of aromatic nitrogens is 2. The summed E-state index contributed by atoms with van der Waals surface area (Å²) in [6, 6.07) is 2.64. The van der Waals surface area contributed by atoms with Crippen LogP contribution in [-0.2, 0) is 0 Å². The molecule has 1 aliphatic carbocycles. The van der Waals surface area contributed by atoms with Gasteiger partial charge in [0, 0.05) is 18.8 Å². The van der Waals surface area contributed by atoms with Crippen LogP contribution in [0.15, 0.2) is 18.6 Å². The van der Waals surface area contributed by atoms with E-state index in [1.54, 1.807) is 6.33 Å². The van der Waals surface area contributed by atoms with Crippen molar-refractivity contribution in [1.29, 1.82) is 0 Å². The standard InChI is InChI=1S/C13H20N4/c14-8-11-2-1-7-17(13(11)10-3-4-10)12-5-6-15-9-16-12/h5-6,9-11,13H,1-4,7-8,14H2/t11-,13-/m1/s1. The third kappa shape index (κ3) is 2.14. The second-order valence-corrected chi connectivity index (χ2v) is 5.23. The molecule has 2 atom stereocenters. The molecule has 0 radical (unpaired) electrons. The first-order valence-electron chi connectivity index (χ1n) is 6.63. The van der Waals surface area contributed by atoms with E-state index in [0.717, 1.165) is 24.8 Å². The lowest BCUT2D eigenvalue weighted by Gasteiger charge is -2.42. The minimum atomic E-state index is 0.614. The molecule has 4 heteroatoms. The highest BCUT2D eigenvalue weighted by Crippen LogP contribution is 2.42. The largest absolute Gasteiger partial charge is 0.353 e. The fourth-order valence-corrected chi connectivity index (χ4v) is 3.15. The normalized spacial score (nSPS) is 29.4. The van der Waals surface area contributed by atoms with Gasteiger partial charge in [-0.05, 0) is 50.1 Å². The first-order chi connectivity index (χ1) is 8.40. The van der Waals surface area contributed by atoms with Crippen molar-refractivity contribution < 1.29 is 0 Å². The summed E-state index contributed by atoms with van der Waals surface area (Å²) in [6.45, 7) is 1.93. The minimum Gasteiger partial charge on any atom is -0.353 e. The first kappa shape index (κ1) is 11.0. The topological polar surface area (TPSA) is 55.0 Å². The van der Waals surface area contributed by atoms with Gasteiger partial charge >= 0.3 is 0 Å². The summed E-state index contributed by atoms with van der Waals surface area (Å²) >= 11 is 0. The van der Waals surface area contributed by atoms with E-state index in [-0.39, 0.29) is 0 Å². The lowest BCUT2D eigenvalue weighted by Crippen LogP contribution is -2.49. The number of nitrogens with two attached hydrogens (primary N) is 1. The molecular weight excluding hydrogens is 212 g/mol. The molecule has 2 heterocycles. The van der Waals surface area contributed by atoms with Crippen molar-refractivity contribution in [2.75, 3.05) is 18.0 Å². The highest BCUT2D eigenvalue weighted by atomic mass is 15.2. The van der Waals surface area contributed by atoms with Gasteiger partial charge in [-0.2, -0.15) is 0 Å². The van der Waals surface area contributed by atoms with Crippen LogP contribution >= 0.6 is 0 Å². The summed E-state index contributed by atoms with van der Waals surface area (Å²) in [5.74, 6) is 2.57. The van der Waals surface area contributed by atoms with Crippen LogP contribution in [0.4, 0.5) is 5.82 Å². The van der Waals surface area contributed by atoms with Gasteiger partial charge in [-0.3, -0.25) is 0 Å². The van der Waals surface area contributed by atoms with Crippen LogP contribution in [0.25, 0.3) is 0 Å². The lowest BCUT2D eigenvalue weighted by molar-refractivity contribution is 0.300. The zero-order chi connectivity index (χ0) is 11.7. The van der Waals surface area contributed by atoms with Crippen molar-refractivity contribution in [3.8, 4) is 0 Å². The summed E-state index contributed by atoms with van der Waals surface area (Å²) in [7, 11) is 0. The predicted molar refractivity (Wildman–Crippen MR) is 67.7 cm³/mol. The smallest absolute Gasteiger partial charge is 0.132 e. The van der Waals surface area contributed by atoms with Gasteiger partial charge in [0.25, 0.3) is 0 Å². The second kappa shape index (κ2) is 4.61. The Morgan fingerprint density at radius 3 is 2.88 bits per heavy atom. The van der Waals surface area contributed by atoms with Crippen molar-refractivity contribution in [2.45, 2.75) is 31.7 Å². The Morgan fingerprint density at radius 2 is 2.24 bits per heavy atom. The third-order valence-corrected chi connectivity index (χ3v) is 4.09. The molecule has 2 fully saturated rings. The van der Waals surface area contributed by atoms with Gasteiger partial charge in [-0.15, -0.1) is 0 Å². The van der Waals surface area contributed by atoms with E-state index in [9.17, 15) is 0 Å². The Bertz CT molecular complexity index is 363. The zero-order valence-corrected chi connectivity index (χ0v) is 10.1. The van der Waals surface area contributed by atoms with Gasteiger partial charge in [0.1, 0.15) is 12.1 Å². The summed E-state index contributed by atoms with van der Waals surface area (Å²) in [4.78, 5) is 10.9. The summed E-state index contributed by atoms with van der Waals surface area (Å²) in [6.07, 6.45) is 8.71. The van der Waals surface area contributed by atoms with Crippen LogP contribution in [0.5, 0.6) is 0 Å². The van der Waals surface area contributed by atoms with Gasteiger partial charge < -0.3 is 10.6 Å². The molecule has 1 aromatic rings. The Hall–Kier alpha value is -1.16. The Labute approximate surface area is 102 Å². The number of hydrogen-bond acceptors (Lipinski definition) is 4. The number of rotatable bonds is 3. The summed E-state index contributed by atoms with van der Waals surface area (Å²) < 4.78 is 0. The summed E-state index contributed by atoms with van der Waals surface area (Å²) in [5.41, 5.74) is 5.94. The van der Waals surface area contributed by atoms with Gasteiger partial charge in [-0.1, -0.05) is 0 Å². The maximum atomic E-state index is 5.94. The molecule has 1 aromatic heterocycles. The molecule has 0 unspecified atom stereocenters. The second-order valence-electron chi connectivity index (χ2n) is 5.23. The minimum absolute atomic E-state index is 0.614. The Balaban J connectivity index is 1.85. The molecular formula is C13H20N4. The fraction of sp³-hybridized carbons (Fsp3) is 0.692. The first-order valence-corrected chi connectivity index (χ1v) is 6.63. The predicted octanol–water partition coefficient (Wildman–Crippen LogP) is 1.43. The van der Waals surface area contributed by atoms with E-state index in [1.165, 1.54) is 25.7 Å². The molecule has 2 aliphatic rings. The molecule has 3 rings (SSSR count). The molecule has 0 bridgehead atoms. The van der Waals surface area contributed by atoms with Crippen molar-refractivity contribution in [3.05, 3.63) is 18.6 Å². The Kier molecular flexibility index (Phi) is 2.97. The number of anilines is 1. The van der Waals surface area contributed by atoms with Crippen molar-refractivity contribution in [1.82, 2.24) is 9.97 Å². The maximum absolute atomic E-state index is 5.94. The molecule has 92 valence electrons. The van der Waals surface area contributed by atoms with Crippen LogP contribution in [0.2, 0.25) is 0 Å². The van der Waals surface area contributed by atoms with E-state index in [4.69, 9.17) is 5.73 Å². The fourth-order valence-electron chi connectivity index (χ4n) is 3.15. The van der Waals surface area contributed by atoms with Crippen molar-refractivity contribution in [3.63, 3.8) is 0 Å². The Morgan fingerprint density at radius 1 is 1.35 bits per heavy atom. The number of piperidine rings is 1. The van der Waals surface area contributed by atoms with Crippen molar-refractivity contribution in [2.24, 2.45) is 17.6 Å². The van der Waals surface area contributed by atoms with Crippen molar-refractivity contribution >= 4 is 5.82 Å². The number of nitrogens with zero attached hydrogens (tertiary/aromatic N) is 3. The highest BCUT2D eigenvalue weighted by molar-refractivity contribution is 5.40. The molecule has 0 spiro atoms. The monoisotopic (exact) mass is 232 g/mol. The van der Waals surface area contributed by atoms with Gasteiger partial charge in [0.05, 0.1) is 0 Å². The van der Waals surface area contributed by atoms with Gasteiger partial charge in [-0.25, -0.2) is 9.97 Å². The number of hydrogen-bond donors (Lipinski definition) is 1. The maximum Gasteiger partial charge on any atom is 0.132 e. The lowest BCUT2D eigenvalue weighted by atomic mass is 9.86. The average molecular weight is 232 g/mol. The van der Waals surface area contributed by atoms with E-state index < -0.39 is 0 Å². The quantitative estimate of drug-likeness (QED) is 0.856. The SMILES string of the molecule is NC[C@H]1CCCN(c2ccncn2)[C@@H]1C1CC1. The van der Waals surface area contributed by atoms with Crippen LogP contribution in [0.1, 0.15) is 25.7 Å². The molecule has 4 nitrogen and oxygen atoms in total. The molecule has 1 aliphatic heterocycles. The molecule has 1 saturated heterocycles. The summed E-state index contributed by atoms with van der Waals surface area (Å²) in [5, 5.41) is 0. The van der Waals surface area contributed by atoms with E-state index in [0.29, 0.717) is 12.0 Å². The zero-order valence-electron chi connectivity index (χ0n) is 10.1. The van der Waals surface area contributed by atoms with Gasteiger partial charge in [0.15, 0.2) is 0 Å². The highest BCUT2D eigenvalue weighted by Gasteiger charge is 2.41. The molecule has 1 saturated carbocycles. The van der Waals surface area contributed by atoms with Crippen LogP contribution in [0, 0.1) is 11.8 Å². The van der Waals surface area contributed by atoms with Crippen LogP contribution in [0.3, 0.4) is 0 Å². The van der Waals surface area contributed by atoms with Gasteiger partial charge in [0.2, 0.25) is 0 Å². The van der Waals surface area contributed by atoms with E-state index in [2.05, 4.69) is 14.9 Å². The van der Waals surface area contributed by atoms with E-state index >= 15 is 0 Å². The van der Waals surface area contributed by atoms with E-state index in [1.807, 2.05) is 12.3 Å². The van der Waals surface area contributed by atoms with Crippen LogP contribution < -0.4 is 10.6 Å². The average Bonchev–Trinajstić information content (AvgIpc) is 3.23. The molecule has 2 N–H and O–H groups in total.